The van der Waals surface area contributed by atoms with Crippen molar-refractivity contribution >= 4 is 11.9 Å². The number of amides is 1. The van der Waals surface area contributed by atoms with Crippen molar-refractivity contribution in [3.63, 3.8) is 0 Å². The van der Waals surface area contributed by atoms with Gasteiger partial charge in [0.2, 0.25) is 5.91 Å². The summed E-state index contributed by atoms with van der Waals surface area (Å²) in [6.45, 7) is 6.69. The van der Waals surface area contributed by atoms with E-state index in [9.17, 15) is 9.59 Å². The molecule has 0 radical (unpaired) electrons. The molecule has 0 aromatic heterocycles. The van der Waals surface area contributed by atoms with E-state index in [2.05, 4.69) is 26.1 Å². The van der Waals surface area contributed by atoms with E-state index in [1.165, 1.54) is 6.42 Å². The highest BCUT2D eigenvalue weighted by atomic mass is 16.4. The lowest BCUT2D eigenvalue weighted by Crippen LogP contribution is -2.42. The minimum Gasteiger partial charge on any atom is -0.481 e. The summed E-state index contributed by atoms with van der Waals surface area (Å²) in [7, 11) is 0. The number of carboxylic acids is 1. The van der Waals surface area contributed by atoms with Gasteiger partial charge in [-0.3, -0.25) is 9.59 Å². The molecule has 0 saturated heterocycles. The average molecular weight is 281 g/mol. The van der Waals surface area contributed by atoms with Crippen molar-refractivity contribution in [1.29, 1.82) is 0 Å². The first-order valence-corrected chi connectivity index (χ1v) is 7.80. The molecule has 2 rings (SSSR count). The van der Waals surface area contributed by atoms with E-state index in [1.807, 2.05) is 0 Å². The molecule has 114 valence electrons. The van der Waals surface area contributed by atoms with E-state index < -0.39 is 5.97 Å². The van der Waals surface area contributed by atoms with Crippen molar-refractivity contribution in [2.24, 2.45) is 23.2 Å². The zero-order valence-corrected chi connectivity index (χ0v) is 12.8. The summed E-state index contributed by atoms with van der Waals surface area (Å²) in [5, 5.41) is 12.1. The molecule has 0 aliphatic heterocycles. The van der Waals surface area contributed by atoms with Gasteiger partial charge in [-0.05, 0) is 49.9 Å². The van der Waals surface area contributed by atoms with E-state index in [0.29, 0.717) is 18.8 Å². The highest BCUT2D eigenvalue weighted by Gasteiger charge is 2.37. The van der Waals surface area contributed by atoms with Crippen LogP contribution in [-0.4, -0.2) is 23.0 Å². The molecular weight excluding hydrogens is 254 g/mol. The molecule has 2 aliphatic rings. The molecule has 0 spiro atoms. The fraction of sp³-hybridized carbons (Fsp3) is 0.875. The minimum absolute atomic E-state index is 0.0592. The number of aliphatic carboxylic acids is 1. The Morgan fingerprint density at radius 2 is 1.80 bits per heavy atom. The maximum Gasteiger partial charge on any atom is 0.306 e. The summed E-state index contributed by atoms with van der Waals surface area (Å²) in [5.74, 6) is -0.181. The van der Waals surface area contributed by atoms with Crippen LogP contribution >= 0.6 is 0 Å². The summed E-state index contributed by atoms with van der Waals surface area (Å²) in [5.41, 5.74) is 0.235. The first-order valence-electron chi connectivity index (χ1n) is 7.80. The van der Waals surface area contributed by atoms with Crippen molar-refractivity contribution in [2.75, 3.05) is 0 Å². The maximum atomic E-state index is 12.4. The lowest BCUT2D eigenvalue weighted by molar-refractivity contribution is -0.141. The third-order valence-electron chi connectivity index (χ3n) is 4.89. The third-order valence-corrected chi connectivity index (χ3v) is 4.89. The predicted molar refractivity (Wildman–Crippen MR) is 77.2 cm³/mol. The zero-order valence-electron chi connectivity index (χ0n) is 12.8. The Morgan fingerprint density at radius 1 is 1.10 bits per heavy atom. The van der Waals surface area contributed by atoms with Gasteiger partial charge >= 0.3 is 5.97 Å². The molecule has 2 unspecified atom stereocenters. The van der Waals surface area contributed by atoms with E-state index in [-0.39, 0.29) is 29.2 Å². The van der Waals surface area contributed by atoms with Crippen molar-refractivity contribution < 1.29 is 14.7 Å². The quantitative estimate of drug-likeness (QED) is 0.836. The van der Waals surface area contributed by atoms with Crippen molar-refractivity contribution in [1.82, 2.24) is 5.32 Å². The van der Waals surface area contributed by atoms with E-state index in [0.717, 1.165) is 19.3 Å². The van der Waals surface area contributed by atoms with Crippen LogP contribution in [0.5, 0.6) is 0 Å². The molecule has 4 nitrogen and oxygen atoms in total. The van der Waals surface area contributed by atoms with Crippen LogP contribution in [0.1, 0.15) is 59.3 Å². The molecule has 0 aromatic carbocycles. The molecule has 2 aliphatic carbocycles. The summed E-state index contributed by atoms with van der Waals surface area (Å²) < 4.78 is 0. The van der Waals surface area contributed by atoms with Crippen molar-refractivity contribution in [3.05, 3.63) is 0 Å². The Kier molecular flexibility index (Phi) is 4.40. The molecule has 2 fully saturated rings. The summed E-state index contributed by atoms with van der Waals surface area (Å²) in [4.78, 5) is 23.4. The standard InChI is InChI=1S/C16H27NO3/c1-10-6-12(9-16(2,3)8-10)14(18)17-13-5-4-11(7-13)15(19)20/h10-13H,4-9H2,1-3H3,(H,17,18)(H,19,20)/t10?,11-,12?,13+/m0/s1. The van der Waals surface area contributed by atoms with Crippen LogP contribution in [0.15, 0.2) is 0 Å². The van der Waals surface area contributed by atoms with Gasteiger partial charge in [0.05, 0.1) is 5.92 Å². The highest BCUT2D eigenvalue weighted by Crippen LogP contribution is 2.41. The smallest absolute Gasteiger partial charge is 0.306 e. The first-order chi connectivity index (χ1) is 9.27. The Balaban J connectivity index is 1.87. The van der Waals surface area contributed by atoms with Gasteiger partial charge in [-0.25, -0.2) is 0 Å². The third kappa shape index (κ3) is 3.74. The van der Waals surface area contributed by atoms with Crippen molar-refractivity contribution in [2.45, 2.75) is 65.3 Å². The van der Waals surface area contributed by atoms with E-state index in [1.54, 1.807) is 0 Å². The van der Waals surface area contributed by atoms with Gasteiger partial charge in [0.15, 0.2) is 0 Å². The number of hydrogen-bond donors (Lipinski definition) is 2. The largest absolute Gasteiger partial charge is 0.481 e. The second-order valence-electron chi connectivity index (χ2n) is 7.66. The summed E-state index contributed by atoms with van der Waals surface area (Å²) in [6.07, 6.45) is 5.16. The molecule has 0 heterocycles. The number of carbonyl (C=O) groups excluding carboxylic acids is 1. The number of carbonyl (C=O) groups is 2. The van der Waals surface area contributed by atoms with Crippen LogP contribution in [-0.2, 0) is 9.59 Å². The lowest BCUT2D eigenvalue weighted by atomic mass is 9.68. The molecule has 2 N–H and O–H groups in total. The van der Waals surface area contributed by atoms with Gasteiger partial charge in [-0.2, -0.15) is 0 Å². The van der Waals surface area contributed by atoms with Gasteiger partial charge in [0.1, 0.15) is 0 Å². The van der Waals surface area contributed by atoms with Gasteiger partial charge < -0.3 is 10.4 Å². The monoisotopic (exact) mass is 281 g/mol. The van der Waals surface area contributed by atoms with Crippen LogP contribution in [0, 0.1) is 23.2 Å². The Labute approximate surface area is 121 Å². The summed E-state index contributed by atoms with van der Waals surface area (Å²) in [6, 6.07) is 0.0592. The first kappa shape index (κ1) is 15.3. The average Bonchev–Trinajstić information content (AvgIpc) is 2.74. The van der Waals surface area contributed by atoms with Crippen LogP contribution in [0.2, 0.25) is 0 Å². The minimum atomic E-state index is -0.728. The zero-order chi connectivity index (χ0) is 14.9. The molecule has 1 amide bonds. The lowest BCUT2D eigenvalue weighted by Gasteiger charge is -2.38. The maximum absolute atomic E-state index is 12.4. The number of nitrogens with one attached hydrogen (secondary N) is 1. The van der Waals surface area contributed by atoms with Crippen LogP contribution in [0.4, 0.5) is 0 Å². The topological polar surface area (TPSA) is 66.4 Å². The van der Waals surface area contributed by atoms with Crippen LogP contribution in [0.3, 0.4) is 0 Å². The summed E-state index contributed by atoms with van der Waals surface area (Å²) >= 11 is 0. The number of carboxylic acid groups (broad SMARTS) is 1. The Morgan fingerprint density at radius 3 is 2.35 bits per heavy atom. The van der Waals surface area contributed by atoms with Gasteiger partial charge in [-0.15, -0.1) is 0 Å². The fourth-order valence-electron chi connectivity index (χ4n) is 4.20. The number of hydrogen-bond acceptors (Lipinski definition) is 2. The van der Waals surface area contributed by atoms with Crippen LogP contribution < -0.4 is 5.32 Å². The molecule has 4 heteroatoms. The fourth-order valence-corrected chi connectivity index (χ4v) is 4.20. The van der Waals surface area contributed by atoms with Gasteiger partial charge in [0, 0.05) is 12.0 Å². The SMILES string of the molecule is CC1CC(C(=O)N[C@@H]2CC[C@H](C(=O)O)C2)CC(C)(C)C1. The van der Waals surface area contributed by atoms with Crippen molar-refractivity contribution in [3.8, 4) is 0 Å². The van der Waals surface area contributed by atoms with E-state index >= 15 is 0 Å². The molecular formula is C16H27NO3. The molecule has 20 heavy (non-hydrogen) atoms. The second-order valence-corrected chi connectivity index (χ2v) is 7.66. The van der Waals surface area contributed by atoms with Crippen LogP contribution in [0.25, 0.3) is 0 Å². The van der Waals surface area contributed by atoms with Gasteiger partial charge in [0.25, 0.3) is 0 Å². The second kappa shape index (κ2) is 5.74. The molecule has 0 aromatic rings. The Bertz CT molecular complexity index is 391. The van der Waals surface area contributed by atoms with E-state index in [4.69, 9.17) is 5.11 Å². The number of rotatable bonds is 3. The van der Waals surface area contributed by atoms with Gasteiger partial charge in [-0.1, -0.05) is 20.8 Å². The molecule has 0 bridgehead atoms. The molecule has 4 atom stereocenters. The Hall–Kier alpha value is -1.06. The normalized spacial score (nSPS) is 36.5. The molecule has 2 saturated carbocycles. The highest BCUT2D eigenvalue weighted by molar-refractivity contribution is 5.79. The predicted octanol–water partition coefficient (Wildman–Crippen LogP) is 2.82.